The molecule has 2 aliphatic rings. The predicted octanol–water partition coefficient (Wildman–Crippen LogP) is 3.97. The topological polar surface area (TPSA) is 59.7 Å². The monoisotopic (exact) mass is 404 g/mol. The van der Waals surface area contributed by atoms with E-state index in [1.54, 1.807) is 0 Å². The molecule has 2 aromatic heterocycles. The first-order valence-electron chi connectivity index (χ1n) is 11.0. The summed E-state index contributed by atoms with van der Waals surface area (Å²) in [6.45, 7) is 6.01. The predicted molar refractivity (Wildman–Crippen MR) is 117 cm³/mol. The van der Waals surface area contributed by atoms with Gasteiger partial charge < -0.3 is 9.64 Å². The van der Waals surface area contributed by atoms with E-state index in [-0.39, 0.29) is 11.9 Å². The minimum absolute atomic E-state index is 0.0777. The average Bonchev–Trinajstić information content (AvgIpc) is 3.39. The number of nitrogens with zero attached hydrogens (tertiary/aromatic N) is 4. The maximum Gasteiger partial charge on any atom is 0.310 e. The Morgan fingerprint density at radius 3 is 2.83 bits per heavy atom. The number of esters is 1. The number of rotatable bonds is 4. The highest BCUT2D eigenvalue weighted by Crippen LogP contribution is 2.35. The maximum atomic E-state index is 12.4. The smallest absolute Gasteiger partial charge is 0.310 e. The Morgan fingerprint density at radius 1 is 1.20 bits per heavy atom. The van der Waals surface area contributed by atoms with Crippen LogP contribution in [0, 0.1) is 12.8 Å². The number of aryl methyl sites for hydroxylation is 2. The van der Waals surface area contributed by atoms with Crippen LogP contribution in [0.5, 0.6) is 0 Å². The second-order valence-electron chi connectivity index (χ2n) is 8.42. The van der Waals surface area contributed by atoms with Crippen LogP contribution in [0.15, 0.2) is 30.3 Å². The average molecular weight is 405 g/mol. The van der Waals surface area contributed by atoms with E-state index < -0.39 is 0 Å². The van der Waals surface area contributed by atoms with E-state index in [9.17, 15) is 4.79 Å². The van der Waals surface area contributed by atoms with E-state index in [1.807, 2.05) is 11.4 Å². The van der Waals surface area contributed by atoms with Crippen LogP contribution in [0.2, 0.25) is 0 Å². The van der Waals surface area contributed by atoms with Crippen LogP contribution in [0.3, 0.4) is 0 Å². The van der Waals surface area contributed by atoms with Gasteiger partial charge in [0.15, 0.2) is 5.65 Å². The minimum atomic E-state index is -0.0787. The number of anilines is 1. The van der Waals surface area contributed by atoms with Gasteiger partial charge in [0.1, 0.15) is 5.82 Å². The molecule has 6 nitrogen and oxygen atoms in total. The molecule has 1 aliphatic carbocycles. The van der Waals surface area contributed by atoms with Crippen LogP contribution < -0.4 is 4.90 Å². The second-order valence-corrected chi connectivity index (χ2v) is 8.42. The van der Waals surface area contributed by atoms with E-state index in [2.05, 4.69) is 42.2 Å². The number of carbonyl (C=O) groups is 1. The summed E-state index contributed by atoms with van der Waals surface area (Å²) in [5, 5.41) is 4.97. The fraction of sp³-hybridized carbons (Fsp3) is 0.458. The number of benzene rings is 1. The van der Waals surface area contributed by atoms with Crippen molar-refractivity contribution in [2.75, 3.05) is 24.6 Å². The van der Waals surface area contributed by atoms with Gasteiger partial charge in [-0.25, -0.2) is 4.98 Å². The van der Waals surface area contributed by atoms with Gasteiger partial charge in [0.2, 0.25) is 0 Å². The third kappa shape index (κ3) is 3.34. The van der Waals surface area contributed by atoms with Crippen molar-refractivity contribution >= 4 is 17.4 Å². The van der Waals surface area contributed by atoms with Gasteiger partial charge in [0.25, 0.3) is 0 Å². The van der Waals surface area contributed by atoms with Crippen molar-refractivity contribution in [3.05, 3.63) is 47.2 Å². The van der Waals surface area contributed by atoms with Crippen molar-refractivity contribution in [3.8, 4) is 11.3 Å². The van der Waals surface area contributed by atoms with Crippen LogP contribution in [0.4, 0.5) is 5.82 Å². The van der Waals surface area contributed by atoms with Gasteiger partial charge in [0, 0.05) is 36.0 Å². The molecule has 0 spiro atoms. The fourth-order valence-electron chi connectivity index (χ4n) is 4.78. The molecule has 1 saturated heterocycles. The molecule has 0 saturated carbocycles. The molecular weight excluding hydrogens is 376 g/mol. The summed E-state index contributed by atoms with van der Waals surface area (Å²) in [5.41, 5.74) is 6.64. The van der Waals surface area contributed by atoms with Gasteiger partial charge in [-0.15, -0.1) is 0 Å². The number of piperidine rings is 1. The molecule has 5 rings (SSSR count). The van der Waals surface area contributed by atoms with E-state index >= 15 is 0 Å². The van der Waals surface area contributed by atoms with Gasteiger partial charge in [-0.05, 0) is 46.0 Å². The molecule has 6 heteroatoms. The lowest BCUT2D eigenvalue weighted by Gasteiger charge is -2.34. The summed E-state index contributed by atoms with van der Waals surface area (Å²) >= 11 is 0. The van der Waals surface area contributed by atoms with Crippen LogP contribution in [0.25, 0.3) is 16.9 Å². The number of aromatic nitrogens is 3. The molecule has 1 aromatic carbocycles. The summed E-state index contributed by atoms with van der Waals surface area (Å²) in [5.74, 6) is 0.968. The first-order chi connectivity index (χ1) is 14.6. The van der Waals surface area contributed by atoms with Crippen molar-refractivity contribution < 1.29 is 9.53 Å². The lowest BCUT2D eigenvalue weighted by molar-refractivity contribution is -0.148. The molecule has 0 radical (unpaired) electrons. The first-order valence-corrected chi connectivity index (χ1v) is 11.0. The summed E-state index contributed by atoms with van der Waals surface area (Å²) in [6, 6.07) is 10.5. The SMILES string of the molecule is CCOC(=O)[C@H]1CCCN(c2c3c(nc4cc(-c5ccc(C)cc5)nn24)CCC3)C1. The summed E-state index contributed by atoms with van der Waals surface area (Å²) in [4.78, 5) is 19.7. The van der Waals surface area contributed by atoms with E-state index in [0.717, 1.165) is 61.4 Å². The molecule has 0 N–H and O–H groups in total. The Balaban J connectivity index is 1.58. The number of fused-ring (bicyclic) bond motifs is 2. The van der Waals surface area contributed by atoms with Crippen molar-refractivity contribution in [1.82, 2.24) is 14.6 Å². The number of carbonyl (C=O) groups excluding carboxylic acids is 1. The van der Waals surface area contributed by atoms with Gasteiger partial charge in [-0.3, -0.25) is 4.79 Å². The number of hydrogen-bond donors (Lipinski definition) is 0. The molecular formula is C24H28N4O2. The molecule has 1 fully saturated rings. The number of hydrogen-bond acceptors (Lipinski definition) is 5. The van der Waals surface area contributed by atoms with Gasteiger partial charge in [-0.1, -0.05) is 29.8 Å². The fourth-order valence-corrected chi connectivity index (χ4v) is 4.78. The largest absolute Gasteiger partial charge is 0.466 e. The molecule has 3 aromatic rings. The molecule has 0 amide bonds. The first kappa shape index (κ1) is 19.1. The lowest BCUT2D eigenvalue weighted by Crippen LogP contribution is -2.41. The third-order valence-corrected chi connectivity index (χ3v) is 6.29. The number of ether oxygens (including phenoxy) is 1. The van der Waals surface area contributed by atoms with Gasteiger partial charge in [-0.2, -0.15) is 9.61 Å². The molecule has 0 unspecified atom stereocenters. The second kappa shape index (κ2) is 7.74. The van der Waals surface area contributed by atoms with Gasteiger partial charge >= 0.3 is 5.97 Å². The Labute approximate surface area is 176 Å². The van der Waals surface area contributed by atoms with Crippen LogP contribution in [-0.4, -0.2) is 40.3 Å². The van der Waals surface area contributed by atoms with Crippen LogP contribution in [-0.2, 0) is 22.4 Å². The Bertz CT molecular complexity index is 1090. The summed E-state index contributed by atoms with van der Waals surface area (Å²) < 4.78 is 7.32. The van der Waals surface area contributed by atoms with Gasteiger partial charge in [0.05, 0.1) is 18.2 Å². The van der Waals surface area contributed by atoms with E-state index in [0.29, 0.717) is 13.2 Å². The Hall–Kier alpha value is -2.89. The zero-order valence-electron chi connectivity index (χ0n) is 17.7. The highest BCUT2D eigenvalue weighted by atomic mass is 16.5. The Morgan fingerprint density at radius 2 is 2.03 bits per heavy atom. The molecule has 0 bridgehead atoms. The standard InChI is InChI=1S/C24H28N4O2/c1-3-30-24(29)18-6-5-13-27(15-18)23-19-7-4-8-20(19)25-22-14-21(26-28(22)23)17-11-9-16(2)10-12-17/h9-12,14,18H,3-8,13,15H2,1-2H3/t18-/m0/s1. The van der Waals surface area contributed by atoms with E-state index in [1.165, 1.54) is 16.8 Å². The summed E-state index contributed by atoms with van der Waals surface area (Å²) in [6.07, 6.45) is 5.03. The normalized spacial score (nSPS) is 18.6. The van der Waals surface area contributed by atoms with Crippen LogP contribution in [0.1, 0.15) is 43.0 Å². The molecule has 1 atom stereocenters. The Kier molecular flexibility index (Phi) is 4.93. The van der Waals surface area contributed by atoms with E-state index in [4.69, 9.17) is 14.8 Å². The molecule has 3 heterocycles. The maximum absolute atomic E-state index is 12.4. The minimum Gasteiger partial charge on any atom is -0.466 e. The van der Waals surface area contributed by atoms with Crippen molar-refractivity contribution in [2.45, 2.75) is 46.0 Å². The van der Waals surface area contributed by atoms with Crippen LogP contribution >= 0.6 is 0 Å². The zero-order valence-corrected chi connectivity index (χ0v) is 17.7. The highest BCUT2D eigenvalue weighted by molar-refractivity contribution is 5.74. The summed E-state index contributed by atoms with van der Waals surface area (Å²) in [7, 11) is 0. The third-order valence-electron chi connectivity index (χ3n) is 6.29. The molecule has 30 heavy (non-hydrogen) atoms. The lowest BCUT2D eigenvalue weighted by atomic mass is 9.97. The quantitative estimate of drug-likeness (QED) is 0.616. The highest BCUT2D eigenvalue weighted by Gasteiger charge is 2.31. The zero-order chi connectivity index (χ0) is 20.7. The van der Waals surface area contributed by atoms with Crippen molar-refractivity contribution in [3.63, 3.8) is 0 Å². The van der Waals surface area contributed by atoms with Crippen molar-refractivity contribution in [1.29, 1.82) is 0 Å². The molecule has 1 aliphatic heterocycles. The van der Waals surface area contributed by atoms with Crippen molar-refractivity contribution in [2.24, 2.45) is 5.92 Å². The molecule has 156 valence electrons.